The van der Waals surface area contributed by atoms with Crippen molar-refractivity contribution >= 4 is 23.3 Å². The maximum absolute atomic E-state index is 12.4. The SMILES string of the molecule is CC(=O)Nc1cc(NC(=O)NC(c2ccccc2)C(C)C)ccc1C. The van der Waals surface area contributed by atoms with Crippen molar-refractivity contribution < 1.29 is 9.59 Å². The zero-order chi connectivity index (χ0) is 18.4. The van der Waals surface area contributed by atoms with Gasteiger partial charge in [0.05, 0.1) is 6.04 Å². The Morgan fingerprint density at radius 3 is 2.24 bits per heavy atom. The molecule has 0 saturated heterocycles. The van der Waals surface area contributed by atoms with Crippen molar-refractivity contribution in [3.8, 4) is 0 Å². The highest BCUT2D eigenvalue weighted by atomic mass is 16.2. The van der Waals surface area contributed by atoms with Crippen molar-refractivity contribution in [1.82, 2.24) is 5.32 Å². The number of carbonyl (C=O) groups is 2. The van der Waals surface area contributed by atoms with Gasteiger partial charge in [-0.1, -0.05) is 50.2 Å². The first-order valence-corrected chi connectivity index (χ1v) is 8.37. The van der Waals surface area contributed by atoms with Gasteiger partial charge in [0.2, 0.25) is 5.91 Å². The van der Waals surface area contributed by atoms with E-state index in [0.29, 0.717) is 11.4 Å². The molecule has 0 spiro atoms. The molecule has 2 rings (SSSR count). The highest BCUT2D eigenvalue weighted by Crippen LogP contribution is 2.23. The second kappa shape index (κ2) is 8.33. The van der Waals surface area contributed by atoms with Crippen molar-refractivity contribution in [2.75, 3.05) is 10.6 Å². The summed E-state index contributed by atoms with van der Waals surface area (Å²) < 4.78 is 0. The van der Waals surface area contributed by atoms with Crippen LogP contribution in [0.1, 0.15) is 37.9 Å². The smallest absolute Gasteiger partial charge is 0.319 e. The molecule has 0 aliphatic rings. The molecule has 2 aromatic rings. The van der Waals surface area contributed by atoms with Crippen molar-refractivity contribution in [2.24, 2.45) is 5.92 Å². The van der Waals surface area contributed by atoms with Crippen molar-refractivity contribution in [1.29, 1.82) is 0 Å². The molecule has 132 valence electrons. The van der Waals surface area contributed by atoms with Crippen LogP contribution in [0, 0.1) is 12.8 Å². The standard InChI is InChI=1S/C20H25N3O2/c1-13(2)19(16-8-6-5-7-9-16)23-20(25)22-17-11-10-14(3)18(12-17)21-15(4)24/h5-13,19H,1-4H3,(H,21,24)(H2,22,23,25). The van der Waals surface area contributed by atoms with Crippen molar-refractivity contribution in [2.45, 2.75) is 33.7 Å². The third-order valence-electron chi connectivity index (χ3n) is 3.92. The van der Waals surface area contributed by atoms with E-state index in [9.17, 15) is 9.59 Å². The number of aryl methyl sites for hydroxylation is 1. The van der Waals surface area contributed by atoms with Crippen LogP contribution < -0.4 is 16.0 Å². The van der Waals surface area contributed by atoms with Crippen LogP contribution in [0.25, 0.3) is 0 Å². The van der Waals surface area contributed by atoms with Gasteiger partial charge in [-0.3, -0.25) is 4.79 Å². The third-order valence-corrected chi connectivity index (χ3v) is 3.92. The predicted octanol–water partition coefficient (Wildman–Crippen LogP) is 4.47. The fourth-order valence-corrected chi connectivity index (χ4v) is 2.63. The average molecular weight is 339 g/mol. The van der Waals surface area contributed by atoms with Gasteiger partial charge >= 0.3 is 6.03 Å². The second-order valence-electron chi connectivity index (χ2n) is 6.44. The molecular weight excluding hydrogens is 314 g/mol. The first-order valence-electron chi connectivity index (χ1n) is 8.37. The van der Waals surface area contributed by atoms with Gasteiger partial charge in [-0.2, -0.15) is 0 Å². The maximum atomic E-state index is 12.4. The molecule has 0 bridgehead atoms. The number of urea groups is 1. The Kier molecular flexibility index (Phi) is 6.17. The number of hydrogen-bond donors (Lipinski definition) is 3. The van der Waals surface area contributed by atoms with Crippen LogP contribution in [0.5, 0.6) is 0 Å². The number of nitrogens with one attached hydrogen (secondary N) is 3. The summed E-state index contributed by atoms with van der Waals surface area (Å²) >= 11 is 0. The highest BCUT2D eigenvalue weighted by molar-refractivity contribution is 5.93. The Morgan fingerprint density at radius 1 is 0.960 bits per heavy atom. The minimum Gasteiger partial charge on any atom is -0.331 e. The fraction of sp³-hybridized carbons (Fsp3) is 0.300. The van der Waals surface area contributed by atoms with Crippen molar-refractivity contribution in [3.05, 3.63) is 59.7 Å². The topological polar surface area (TPSA) is 70.2 Å². The molecule has 25 heavy (non-hydrogen) atoms. The molecule has 0 radical (unpaired) electrons. The van der Waals surface area contributed by atoms with E-state index in [1.165, 1.54) is 6.92 Å². The normalized spacial score (nSPS) is 11.7. The molecule has 3 amide bonds. The summed E-state index contributed by atoms with van der Waals surface area (Å²) in [4.78, 5) is 23.7. The van der Waals surface area contributed by atoms with E-state index in [-0.39, 0.29) is 23.9 Å². The summed E-state index contributed by atoms with van der Waals surface area (Å²) in [5.41, 5.74) is 3.32. The number of rotatable bonds is 5. The van der Waals surface area contributed by atoms with Crippen LogP contribution in [0.15, 0.2) is 48.5 Å². The Balaban J connectivity index is 2.09. The van der Waals surface area contributed by atoms with Gasteiger partial charge in [0.25, 0.3) is 0 Å². The lowest BCUT2D eigenvalue weighted by molar-refractivity contribution is -0.114. The van der Waals surface area contributed by atoms with E-state index in [1.54, 1.807) is 6.07 Å². The molecule has 5 heteroatoms. The van der Waals surface area contributed by atoms with Crippen LogP contribution >= 0.6 is 0 Å². The molecule has 0 heterocycles. The molecule has 0 aliphatic heterocycles. The minimum atomic E-state index is -0.278. The zero-order valence-corrected chi connectivity index (χ0v) is 15.1. The van der Waals surface area contributed by atoms with E-state index in [1.807, 2.05) is 49.4 Å². The molecule has 5 nitrogen and oxygen atoms in total. The Hall–Kier alpha value is -2.82. The van der Waals surface area contributed by atoms with Gasteiger partial charge in [0.1, 0.15) is 0 Å². The Bertz CT molecular complexity index is 742. The summed E-state index contributed by atoms with van der Waals surface area (Å²) in [6.45, 7) is 7.50. The predicted molar refractivity (Wildman–Crippen MR) is 102 cm³/mol. The zero-order valence-electron chi connectivity index (χ0n) is 15.1. The average Bonchev–Trinajstić information content (AvgIpc) is 2.56. The number of hydrogen-bond acceptors (Lipinski definition) is 2. The van der Waals surface area contributed by atoms with E-state index in [2.05, 4.69) is 29.8 Å². The second-order valence-corrected chi connectivity index (χ2v) is 6.44. The molecule has 0 aromatic heterocycles. The van der Waals surface area contributed by atoms with E-state index in [4.69, 9.17) is 0 Å². The molecule has 1 atom stereocenters. The van der Waals surface area contributed by atoms with Crippen LogP contribution in [-0.2, 0) is 4.79 Å². The lowest BCUT2D eigenvalue weighted by Crippen LogP contribution is -2.35. The largest absolute Gasteiger partial charge is 0.331 e. The molecular formula is C20H25N3O2. The van der Waals surface area contributed by atoms with Gasteiger partial charge in [0, 0.05) is 18.3 Å². The van der Waals surface area contributed by atoms with Gasteiger partial charge in [0.15, 0.2) is 0 Å². The number of benzene rings is 2. The lowest BCUT2D eigenvalue weighted by Gasteiger charge is -2.23. The van der Waals surface area contributed by atoms with Crippen LogP contribution in [0.4, 0.5) is 16.2 Å². The maximum Gasteiger partial charge on any atom is 0.319 e. The summed E-state index contributed by atoms with van der Waals surface area (Å²) in [5.74, 6) is 0.106. The van der Waals surface area contributed by atoms with Crippen LogP contribution in [0.3, 0.4) is 0 Å². The Labute approximate surface area is 148 Å². The quantitative estimate of drug-likeness (QED) is 0.752. The number of amides is 3. The van der Waals surface area contributed by atoms with Crippen LogP contribution in [0.2, 0.25) is 0 Å². The summed E-state index contributed by atoms with van der Waals surface area (Å²) in [6.07, 6.45) is 0. The fourth-order valence-electron chi connectivity index (χ4n) is 2.63. The highest BCUT2D eigenvalue weighted by Gasteiger charge is 2.18. The van der Waals surface area contributed by atoms with E-state index in [0.717, 1.165) is 11.1 Å². The number of anilines is 2. The van der Waals surface area contributed by atoms with Gasteiger partial charge in [-0.25, -0.2) is 4.79 Å². The molecule has 0 saturated carbocycles. The lowest BCUT2D eigenvalue weighted by atomic mass is 9.96. The molecule has 3 N–H and O–H groups in total. The molecule has 0 fully saturated rings. The van der Waals surface area contributed by atoms with Crippen LogP contribution in [-0.4, -0.2) is 11.9 Å². The summed E-state index contributed by atoms with van der Waals surface area (Å²) in [7, 11) is 0. The summed E-state index contributed by atoms with van der Waals surface area (Å²) in [5, 5.41) is 8.62. The monoisotopic (exact) mass is 339 g/mol. The minimum absolute atomic E-state index is 0.0820. The number of carbonyl (C=O) groups excluding carboxylic acids is 2. The third kappa shape index (κ3) is 5.35. The van der Waals surface area contributed by atoms with Crippen molar-refractivity contribution in [3.63, 3.8) is 0 Å². The van der Waals surface area contributed by atoms with E-state index < -0.39 is 0 Å². The van der Waals surface area contributed by atoms with Gasteiger partial charge in [-0.15, -0.1) is 0 Å². The van der Waals surface area contributed by atoms with Gasteiger partial charge in [-0.05, 0) is 36.1 Å². The molecule has 0 aliphatic carbocycles. The van der Waals surface area contributed by atoms with E-state index >= 15 is 0 Å². The Morgan fingerprint density at radius 2 is 1.64 bits per heavy atom. The molecule has 1 unspecified atom stereocenters. The summed E-state index contributed by atoms with van der Waals surface area (Å²) in [6, 6.07) is 15.0. The molecule has 2 aromatic carbocycles. The first-order chi connectivity index (χ1) is 11.9. The first kappa shape index (κ1) is 18.5. The van der Waals surface area contributed by atoms with Gasteiger partial charge < -0.3 is 16.0 Å².